The first-order chi connectivity index (χ1) is 34.1. The van der Waals surface area contributed by atoms with Crippen LogP contribution in [0.15, 0.2) is 146 Å². The summed E-state index contributed by atoms with van der Waals surface area (Å²) in [5.74, 6) is 0. The van der Waals surface area contributed by atoms with Crippen LogP contribution in [0.1, 0.15) is 111 Å². The summed E-state index contributed by atoms with van der Waals surface area (Å²) in [5, 5.41) is 6.50. The molecule has 0 spiro atoms. The topological polar surface area (TPSA) is 16.5 Å². The lowest BCUT2D eigenvalue weighted by Crippen LogP contribution is -2.60. The molecule has 0 radical (unpaired) electrons. The first kappa shape index (κ1) is 44.8. The largest absolute Gasteiger partial charge is 0.311 e. The minimum atomic E-state index is -0.0673. The molecule has 2 aliphatic rings. The second kappa shape index (κ2) is 14.8. The van der Waals surface area contributed by atoms with E-state index in [1.807, 2.05) is 0 Å². The Morgan fingerprint density at radius 2 is 1.07 bits per heavy atom. The maximum absolute atomic E-state index is 2.67. The molecule has 0 N–H and O–H groups in total. The molecule has 8 aromatic carbocycles. The van der Waals surface area contributed by atoms with Crippen LogP contribution >= 0.6 is 0 Å². The van der Waals surface area contributed by atoms with Crippen molar-refractivity contribution in [1.29, 1.82) is 0 Å². The fraction of sp³-hybridized carbons (Fsp3) is 0.269. The molecule has 0 amide bonds. The predicted octanol–water partition coefficient (Wildman–Crippen LogP) is 15.1. The van der Waals surface area contributed by atoms with Gasteiger partial charge in [0.25, 0.3) is 12.4 Å². The van der Waals surface area contributed by atoms with Gasteiger partial charge in [0, 0.05) is 55.4 Å². The van der Waals surface area contributed by atoms with Crippen molar-refractivity contribution in [2.45, 2.75) is 112 Å². The monoisotopic (exact) mass is 938 g/mol. The van der Waals surface area contributed by atoms with Gasteiger partial charge in [0.05, 0.1) is 18.0 Å². The minimum Gasteiger partial charge on any atom is -0.311 e. The second-order valence-electron chi connectivity index (χ2n) is 25.5. The zero-order valence-corrected chi connectivity index (χ0v) is 44.7. The molecule has 356 valence electrons. The summed E-state index contributed by atoms with van der Waals surface area (Å²) in [4.78, 5) is 2.61. The van der Waals surface area contributed by atoms with Crippen LogP contribution in [-0.4, -0.2) is 15.7 Å². The zero-order chi connectivity index (χ0) is 50.3. The van der Waals surface area contributed by atoms with Crippen molar-refractivity contribution in [3.05, 3.63) is 173 Å². The molecule has 0 aliphatic carbocycles. The van der Waals surface area contributed by atoms with Crippen molar-refractivity contribution < 1.29 is 4.57 Å². The maximum atomic E-state index is 2.67. The van der Waals surface area contributed by atoms with E-state index in [1.54, 1.807) is 0 Å². The van der Waals surface area contributed by atoms with Crippen molar-refractivity contribution >= 4 is 100 Å². The minimum absolute atomic E-state index is 0.00356. The van der Waals surface area contributed by atoms with Gasteiger partial charge in [-0.2, -0.15) is 4.40 Å². The van der Waals surface area contributed by atoms with Crippen molar-refractivity contribution in [3.8, 4) is 16.8 Å². The Morgan fingerprint density at radius 3 is 1.79 bits per heavy atom. The zero-order valence-electron chi connectivity index (χ0n) is 44.7. The van der Waals surface area contributed by atoms with Gasteiger partial charge < -0.3 is 9.47 Å². The van der Waals surface area contributed by atoms with Crippen molar-refractivity contribution in [1.82, 2.24) is 8.97 Å². The molecular formula is C67H66BN4+. The van der Waals surface area contributed by atoms with E-state index in [1.165, 1.54) is 138 Å². The van der Waals surface area contributed by atoms with Gasteiger partial charge in [-0.1, -0.05) is 162 Å². The predicted molar refractivity (Wildman–Crippen MR) is 310 cm³/mol. The Labute approximate surface area is 425 Å². The van der Waals surface area contributed by atoms with Crippen LogP contribution < -0.4 is 25.9 Å². The number of aryl methyl sites for hydroxylation is 2. The van der Waals surface area contributed by atoms with E-state index in [2.05, 4.69) is 261 Å². The highest BCUT2D eigenvalue weighted by molar-refractivity contribution is 7.00. The molecule has 0 saturated heterocycles. The number of anilines is 3. The number of hydrogen-bond donors (Lipinski definition) is 0. The molecule has 72 heavy (non-hydrogen) atoms. The Bertz CT molecular complexity index is 4150. The molecular weight excluding hydrogens is 872 g/mol. The van der Waals surface area contributed by atoms with E-state index in [4.69, 9.17) is 0 Å². The standard InChI is InChI=1S/C67H66BN4/c1-39-19-17-22-48-47-20-15-16-23-53(47)72-62-46(21-18-24-56(62)69(14)63(72)59(39)48)40-33-57-60-58(34-40)71-54-31-27-42(65(5,6)7)35-49(54)50-36-44(67(11,12)13)38-52(61(50)71)68(60)51-37-43(66(8,9)10)28-32-55(51)70(57)45-29-25-41(26-30-45)64(2,3)4/h15-38H,1-14H3/q+1. The Kier molecular flexibility index (Phi) is 9.18. The average molecular weight is 938 g/mol. The molecule has 0 unspecified atom stereocenters. The molecule has 5 heteroatoms. The summed E-state index contributed by atoms with van der Waals surface area (Å²) in [6.07, 6.45) is 0. The number of benzene rings is 8. The number of hydrogen-bond acceptors (Lipinski definition) is 1. The third-order valence-corrected chi connectivity index (χ3v) is 16.6. The van der Waals surface area contributed by atoms with Gasteiger partial charge in [-0.25, -0.2) is 4.57 Å². The molecule has 0 fully saturated rings. The highest BCUT2D eigenvalue weighted by atomic mass is 15.2. The van der Waals surface area contributed by atoms with Crippen LogP contribution in [0.4, 0.5) is 17.1 Å². The second-order valence-corrected chi connectivity index (χ2v) is 25.5. The van der Waals surface area contributed by atoms with Gasteiger partial charge in [0.2, 0.25) is 0 Å². The average Bonchev–Trinajstić information content (AvgIpc) is 3.83. The fourth-order valence-electron chi connectivity index (χ4n) is 12.7. The van der Waals surface area contributed by atoms with Gasteiger partial charge in [0.15, 0.2) is 11.0 Å². The van der Waals surface area contributed by atoms with Crippen LogP contribution in [0, 0.1) is 6.92 Å². The Morgan fingerprint density at radius 1 is 0.458 bits per heavy atom. The molecule has 13 rings (SSSR count). The summed E-state index contributed by atoms with van der Waals surface area (Å²) in [6, 6.07) is 57.1. The summed E-state index contributed by atoms with van der Waals surface area (Å²) < 4.78 is 7.67. The third kappa shape index (κ3) is 6.28. The van der Waals surface area contributed by atoms with Crippen molar-refractivity contribution in [2.24, 2.45) is 7.05 Å². The van der Waals surface area contributed by atoms with Gasteiger partial charge in [-0.15, -0.1) is 0 Å². The highest BCUT2D eigenvalue weighted by Gasteiger charge is 2.44. The Hall–Kier alpha value is -7.11. The van der Waals surface area contributed by atoms with Gasteiger partial charge in [-0.05, 0) is 145 Å². The van der Waals surface area contributed by atoms with E-state index in [-0.39, 0.29) is 28.4 Å². The molecule has 11 aromatic rings. The van der Waals surface area contributed by atoms with Crippen molar-refractivity contribution in [2.75, 3.05) is 4.90 Å². The number of pyridine rings is 1. The quantitative estimate of drug-likeness (QED) is 0.0958. The lowest BCUT2D eigenvalue weighted by molar-refractivity contribution is -0.617. The molecule has 0 saturated carbocycles. The van der Waals surface area contributed by atoms with Crippen LogP contribution in [0.3, 0.4) is 0 Å². The normalized spacial score (nSPS) is 13.9. The van der Waals surface area contributed by atoms with E-state index in [9.17, 15) is 0 Å². The number of rotatable bonds is 2. The van der Waals surface area contributed by atoms with Crippen LogP contribution in [-0.2, 0) is 28.7 Å². The van der Waals surface area contributed by atoms with Crippen molar-refractivity contribution in [3.63, 3.8) is 0 Å². The molecule has 3 aromatic heterocycles. The summed E-state index contributed by atoms with van der Waals surface area (Å²) in [5.41, 5.74) is 25.4. The van der Waals surface area contributed by atoms with Gasteiger partial charge in [-0.3, -0.25) is 0 Å². The number of imidazole rings is 1. The van der Waals surface area contributed by atoms with Crippen LogP contribution in [0.25, 0.3) is 77.0 Å². The van der Waals surface area contributed by atoms with E-state index in [0.29, 0.717) is 0 Å². The third-order valence-electron chi connectivity index (χ3n) is 16.6. The van der Waals surface area contributed by atoms with Gasteiger partial charge >= 0.3 is 0 Å². The number of para-hydroxylation sites is 2. The van der Waals surface area contributed by atoms with E-state index < -0.39 is 0 Å². The summed E-state index contributed by atoms with van der Waals surface area (Å²) in [7, 11) is 2.26. The van der Waals surface area contributed by atoms with E-state index in [0.717, 1.165) is 0 Å². The molecule has 5 heterocycles. The first-order valence-corrected chi connectivity index (χ1v) is 26.2. The summed E-state index contributed by atoms with van der Waals surface area (Å²) >= 11 is 0. The molecule has 4 nitrogen and oxygen atoms in total. The number of aromatic nitrogens is 3. The Balaban J connectivity index is 1.23. The lowest BCUT2D eigenvalue weighted by atomic mass is 9.33. The maximum Gasteiger partial charge on any atom is 0.295 e. The smallest absolute Gasteiger partial charge is 0.295 e. The first-order valence-electron chi connectivity index (χ1n) is 26.2. The van der Waals surface area contributed by atoms with E-state index >= 15 is 0 Å². The SMILES string of the molecule is Cc1cccc2c3ccccc3n3c4c(-c5cc6c7c(c5)-n5c8ccc(C(C)(C)C)cc8c8cc(C(C)(C)C)cc(c85)B7c5cc(C(C)(C)C)ccc5N6c5ccc(C(C)(C)C)cc5)cccc4[n+](C)c3c12. The molecule has 2 aliphatic heterocycles. The highest BCUT2D eigenvalue weighted by Crippen LogP contribution is 2.47. The molecule has 0 bridgehead atoms. The lowest BCUT2D eigenvalue weighted by Gasteiger charge is -2.41. The number of fused-ring (bicyclic) bond motifs is 15. The van der Waals surface area contributed by atoms with Crippen LogP contribution in [0.5, 0.6) is 0 Å². The van der Waals surface area contributed by atoms with Crippen LogP contribution in [0.2, 0.25) is 0 Å². The number of nitrogens with zero attached hydrogens (tertiary/aromatic N) is 4. The molecule has 0 atom stereocenters. The summed E-state index contributed by atoms with van der Waals surface area (Å²) in [6.45, 7) is 30.4. The fourth-order valence-corrected chi connectivity index (χ4v) is 12.7. The van der Waals surface area contributed by atoms with Gasteiger partial charge in [0.1, 0.15) is 5.52 Å².